The van der Waals surface area contributed by atoms with Crippen LogP contribution in [0.1, 0.15) is 56.1 Å². The Morgan fingerprint density at radius 3 is 2.17 bits per heavy atom. The highest BCUT2D eigenvalue weighted by Gasteiger charge is 2.52. The van der Waals surface area contributed by atoms with Gasteiger partial charge in [-0.25, -0.2) is 4.21 Å². The van der Waals surface area contributed by atoms with E-state index in [1.54, 1.807) is 7.05 Å². The molecule has 30 heavy (non-hydrogen) atoms. The molecule has 2 unspecified atom stereocenters. The first-order valence-electron chi connectivity index (χ1n) is 10.7. The lowest BCUT2D eigenvalue weighted by molar-refractivity contribution is -0.127. The molecule has 0 saturated heterocycles. The van der Waals surface area contributed by atoms with Gasteiger partial charge in [-0.05, 0) is 68.8 Å². The highest BCUT2D eigenvalue weighted by atomic mass is 32.2. The molecular weight excluding hydrogens is 418 g/mol. The molecule has 2 atom stereocenters. The Labute approximate surface area is 186 Å². The van der Waals surface area contributed by atoms with Crippen LogP contribution in [0.3, 0.4) is 0 Å². The van der Waals surface area contributed by atoms with Crippen LogP contribution in [0.15, 0.2) is 24.3 Å². The number of nitrogens with one attached hydrogen (secondary N) is 3. The molecule has 5 rings (SSSR count). The highest BCUT2D eigenvalue weighted by Crippen LogP contribution is 2.55. The van der Waals surface area contributed by atoms with Gasteiger partial charge < -0.3 is 10.6 Å². The summed E-state index contributed by atoms with van der Waals surface area (Å²) >= 11 is 3.21. The Balaban J connectivity index is 1.61. The zero-order valence-corrected chi connectivity index (χ0v) is 19.2. The van der Waals surface area contributed by atoms with Crippen LogP contribution in [0.5, 0.6) is 0 Å². The van der Waals surface area contributed by atoms with E-state index >= 15 is 0 Å². The summed E-state index contributed by atoms with van der Waals surface area (Å²) in [6.45, 7) is 1.97. The van der Waals surface area contributed by atoms with Crippen molar-refractivity contribution in [3.8, 4) is 0 Å². The molecule has 1 amide bonds. The van der Waals surface area contributed by atoms with Crippen LogP contribution in [-0.2, 0) is 21.6 Å². The van der Waals surface area contributed by atoms with Gasteiger partial charge in [0.1, 0.15) is 10.5 Å². The van der Waals surface area contributed by atoms with Crippen molar-refractivity contribution in [2.45, 2.75) is 62.9 Å². The number of aryl methyl sites for hydroxylation is 1. The topological polar surface area (TPSA) is 90.5 Å². The van der Waals surface area contributed by atoms with E-state index in [0.717, 1.165) is 42.6 Å². The molecule has 1 aromatic rings. The average molecular weight is 450 g/mol. The van der Waals surface area contributed by atoms with Crippen LogP contribution in [0, 0.1) is 24.7 Å². The van der Waals surface area contributed by atoms with E-state index in [0.29, 0.717) is 10.6 Å². The predicted octanol–water partition coefficient (Wildman–Crippen LogP) is 2.94. The summed E-state index contributed by atoms with van der Waals surface area (Å²) in [6, 6.07) is 7.55. The van der Waals surface area contributed by atoms with Crippen LogP contribution in [-0.4, -0.2) is 32.2 Å². The monoisotopic (exact) mass is 449 g/mol. The second-order valence-electron chi connectivity index (χ2n) is 9.62. The maximum atomic E-state index is 13.4. The average Bonchev–Trinajstić information content (AvgIpc) is 2.65. The number of carbonyl (C=O) groups is 1. The zero-order chi connectivity index (χ0) is 21.5. The summed E-state index contributed by atoms with van der Waals surface area (Å²) in [4.78, 5) is 13.7. The van der Waals surface area contributed by atoms with Crippen molar-refractivity contribution in [1.29, 1.82) is 0 Å². The minimum Gasteiger partial charge on any atom is -0.381 e. The number of carbonyl (C=O) groups excluding carboxylic acids is 1. The van der Waals surface area contributed by atoms with Crippen molar-refractivity contribution >= 4 is 34.4 Å². The van der Waals surface area contributed by atoms with E-state index in [-0.39, 0.29) is 17.9 Å². The Bertz CT molecular complexity index is 822. The van der Waals surface area contributed by atoms with Gasteiger partial charge in [-0.1, -0.05) is 42.0 Å². The summed E-state index contributed by atoms with van der Waals surface area (Å²) in [5, 5.41) is 6.30. The van der Waals surface area contributed by atoms with E-state index in [9.17, 15) is 13.6 Å². The molecule has 1 aromatic carbocycles. The van der Waals surface area contributed by atoms with E-state index in [4.69, 9.17) is 12.2 Å². The molecule has 0 radical (unpaired) electrons. The van der Waals surface area contributed by atoms with Crippen molar-refractivity contribution in [3.05, 3.63) is 35.4 Å². The Hall–Kier alpha value is -1.35. The third-order valence-electron chi connectivity index (χ3n) is 7.29. The Morgan fingerprint density at radius 2 is 1.70 bits per heavy atom. The maximum Gasteiger partial charge on any atom is 0.232 e. The van der Waals surface area contributed by atoms with Crippen molar-refractivity contribution in [1.82, 2.24) is 15.4 Å². The van der Waals surface area contributed by atoms with Crippen LogP contribution < -0.4 is 15.4 Å². The van der Waals surface area contributed by atoms with Crippen LogP contribution in [0.25, 0.3) is 0 Å². The van der Waals surface area contributed by atoms with Gasteiger partial charge in [-0.15, -0.1) is 0 Å². The number of likely N-dealkylation sites (N-methyl/N-ethyl adjacent to an activating group) is 1. The number of thiocarbonyl (C=S) groups is 1. The second-order valence-corrected chi connectivity index (χ2v) is 10.7. The van der Waals surface area contributed by atoms with Crippen LogP contribution in [0.4, 0.5) is 0 Å². The van der Waals surface area contributed by atoms with E-state index in [2.05, 4.69) is 15.4 Å². The van der Waals surface area contributed by atoms with Gasteiger partial charge in [0, 0.05) is 12.6 Å². The smallest absolute Gasteiger partial charge is 0.232 e. The molecule has 4 fully saturated rings. The first-order chi connectivity index (χ1) is 14.2. The standard InChI is InChI=1S/C22H31N3O3S2/c1-14-3-5-18(6-4-14)22(20(29)23-2,25-30(27)28)13-19(26)24-21-10-15-7-16(11-21)9-17(8-15)12-21/h3-6,15-17,25H,7-13H2,1-2H3,(H,23,29)(H,24,26)(H,27,28). The quantitative estimate of drug-likeness (QED) is 0.380. The number of benzene rings is 1. The molecule has 0 heterocycles. The van der Waals surface area contributed by atoms with E-state index in [1.807, 2.05) is 31.2 Å². The summed E-state index contributed by atoms with van der Waals surface area (Å²) in [7, 11) is 1.67. The van der Waals surface area contributed by atoms with Gasteiger partial charge in [0.25, 0.3) is 0 Å². The SMILES string of the molecule is CNC(=S)C(CC(=O)NC12CC3CC(CC(C3)C1)C2)(NS(=O)O)c1ccc(C)cc1. The van der Waals surface area contributed by atoms with Gasteiger partial charge in [0.05, 0.1) is 6.42 Å². The summed E-state index contributed by atoms with van der Waals surface area (Å²) in [5.41, 5.74) is 0.371. The minimum absolute atomic E-state index is 0.0379. The largest absolute Gasteiger partial charge is 0.381 e. The molecule has 4 saturated carbocycles. The molecule has 0 aliphatic heterocycles. The van der Waals surface area contributed by atoms with Gasteiger partial charge in [-0.2, -0.15) is 4.72 Å². The number of hydrogen-bond donors (Lipinski definition) is 4. The molecule has 4 N–H and O–H groups in total. The molecule has 4 bridgehead atoms. The normalized spacial score (nSPS) is 32.3. The zero-order valence-electron chi connectivity index (χ0n) is 17.6. The van der Waals surface area contributed by atoms with Crippen molar-refractivity contribution < 1.29 is 13.6 Å². The fourth-order valence-electron chi connectivity index (χ4n) is 6.50. The molecule has 4 aliphatic carbocycles. The van der Waals surface area contributed by atoms with Gasteiger partial charge in [0.15, 0.2) is 0 Å². The molecule has 6 nitrogen and oxygen atoms in total. The maximum absolute atomic E-state index is 13.4. The molecular formula is C22H31N3O3S2. The van der Waals surface area contributed by atoms with Gasteiger partial charge in [-0.3, -0.25) is 9.35 Å². The summed E-state index contributed by atoms with van der Waals surface area (Å²) < 4.78 is 24.2. The number of hydrogen-bond acceptors (Lipinski definition) is 3. The molecule has 0 aromatic heterocycles. The number of amides is 1. The molecule has 164 valence electrons. The van der Waals surface area contributed by atoms with E-state index in [1.165, 1.54) is 19.3 Å². The lowest BCUT2D eigenvalue weighted by atomic mass is 9.53. The minimum atomic E-state index is -2.35. The molecule has 4 aliphatic rings. The summed E-state index contributed by atoms with van der Waals surface area (Å²) in [5.74, 6) is 2.03. The number of rotatable bonds is 7. The fraction of sp³-hybridized carbons (Fsp3) is 0.636. The Morgan fingerprint density at radius 1 is 1.17 bits per heavy atom. The first-order valence-corrected chi connectivity index (χ1v) is 12.2. The third-order valence-corrected chi connectivity index (χ3v) is 8.36. The van der Waals surface area contributed by atoms with E-state index < -0.39 is 16.8 Å². The highest BCUT2D eigenvalue weighted by molar-refractivity contribution is 7.80. The predicted molar refractivity (Wildman–Crippen MR) is 122 cm³/mol. The second kappa shape index (κ2) is 8.30. The van der Waals surface area contributed by atoms with Crippen LogP contribution in [0.2, 0.25) is 0 Å². The molecule has 0 spiro atoms. The van der Waals surface area contributed by atoms with Crippen molar-refractivity contribution in [3.63, 3.8) is 0 Å². The third kappa shape index (κ3) is 4.20. The summed E-state index contributed by atoms with van der Waals surface area (Å²) in [6.07, 6.45) is 7.03. The van der Waals surface area contributed by atoms with Crippen molar-refractivity contribution in [2.24, 2.45) is 17.8 Å². The Kier molecular flexibility index (Phi) is 6.05. The van der Waals surface area contributed by atoms with Gasteiger partial charge in [0.2, 0.25) is 17.2 Å². The lowest BCUT2D eigenvalue weighted by Gasteiger charge is -2.57. The van der Waals surface area contributed by atoms with Crippen LogP contribution >= 0.6 is 12.2 Å². The van der Waals surface area contributed by atoms with Gasteiger partial charge >= 0.3 is 0 Å². The first kappa shape index (κ1) is 21.9. The van der Waals surface area contributed by atoms with Crippen molar-refractivity contribution in [2.75, 3.05) is 7.05 Å². The molecule has 8 heteroatoms. The lowest BCUT2D eigenvalue weighted by Crippen LogP contribution is -2.62. The fourth-order valence-corrected chi connectivity index (χ4v) is 7.40.